The van der Waals surface area contributed by atoms with Crippen molar-refractivity contribution in [1.29, 1.82) is 0 Å². The Labute approximate surface area is 110 Å². The lowest BCUT2D eigenvalue weighted by molar-refractivity contribution is -0.138. The maximum Gasteiger partial charge on any atom is 0.225 e. The van der Waals surface area contributed by atoms with Gasteiger partial charge in [0.15, 0.2) is 0 Å². The summed E-state index contributed by atoms with van der Waals surface area (Å²) in [6, 6.07) is 0.337. The third-order valence-electron chi connectivity index (χ3n) is 3.48. The maximum atomic E-state index is 12.2. The van der Waals surface area contributed by atoms with E-state index in [2.05, 4.69) is 0 Å². The van der Waals surface area contributed by atoms with Gasteiger partial charge < -0.3 is 15.4 Å². The summed E-state index contributed by atoms with van der Waals surface area (Å²) in [5.41, 5.74) is 5.90. The van der Waals surface area contributed by atoms with Crippen LogP contribution in [0.15, 0.2) is 0 Å². The lowest BCUT2D eigenvalue weighted by atomic mass is 9.85. The third-order valence-corrected chi connectivity index (χ3v) is 3.48. The quantitative estimate of drug-likeness (QED) is 0.836. The van der Waals surface area contributed by atoms with Crippen molar-refractivity contribution >= 4 is 18.3 Å². The Balaban J connectivity index is 0.00000256. The normalized spacial score (nSPS) is 25.9. The summed E-state index contributed by atoms with van der Waals surface area (Å²) in [4.78, 5) is 14.0. The Kier molecular flexibility index (Phi) is 7.75. The first-order valence-electron chi connectivity index (χ1n) is 6.07. The van der Waals surface area contributed by atoms with Crippen LogP contribution in [0.25, 0.3) is 0 Å². The molecule has 1 amide bonds. The number of carbonyl (C=O) groups is 1. The summed E-state index contributed by atoms with van der Waals surface area (Å²) in [5, 5.41) is 0. The molecule has 5 heteroatoms. The molecule has 0 bridgehead atoms. The van der Waals surface area contributed by atoms with E-state index in [-0.39, 0.29) is 36.3 Å². The van der Waals surface area contributed by atoms with Gasteiger partial charge in [-0.15, -0.1) is 12.4 Å². The van der Waals surface area contributed by atoms with Crippen molar-refractivity contribution in [3.63, 3.8) is 0 Å². The highest BCUT2D eigenvalue weighted by atomic mass is 35.5. The SMILES string of the molecule is COCC(C)N(C)C(=O)C1CCCC(N)C1.Cl. The van der Waals surface area contributed by atoms with Crippen LogP contribution in [0, 0.1) is 5.92 Å². The molecule has 0 radical (unpaired) electrons. The van der Waals surface area contributed by atoms with Crippen molar-refractivity contribution in [2.24, 2.45) is 11.7 Å². The molecule has 3 atom stereocenters. The number of likely N-dealkylation sites (N-methyl/N-ethyl adjacent to an activating group) is 1. The van der Waals surface area contributed by atoms with E-state index in [0.717, 1.165) is 25.7 Å². The molecule has 0 heterocycles. The summed E-state index contributed by atoms with van der Waals surface area (Å²) in [5.74, 6) is 0.341. The lowest BCUT2D eigenvalue weighted by Gasteiger charge is -2.32. The van der Waals surface area contributed by atoms with Crippen molar-refractivity contribution in [2.45, 2.75) is 44.7 Å². The van der Waals surface area contributed by atoms with Gasteiger partial charge in [-0.3, -0.25) is 4.79 Å². The number of carbonyl (C=O) groups excluding carboxylic acids is 1. The number of methoxy groups -OCH3 is 1. The van der Waals surface area contributed by atoms with E-state index in [0.29, 0.717) is 6.61 Å². The number of hydrogen-bond donors (Lipinski definition) is 1. The van der Waals surface area contributed by atoms with E-state index in [1.54, 1.807) is 12.0 Å². The van der Waals surface area contributed by atoms with Crippen LogP contribution in [0.2, 0.25) is 0 Å². The molecule has 1 fully saturated rings. The van der Waals surface area contributed by atoms with Gasteiger partial charge in [-0.2, -0.15) is 0 Å². The molecule has 2 N–H and O–H groups in total. The summed E-state index contributed by atoms with van der Waals surface area (Å²) in [7, 11) is 3.51. The molecule has 3 unspecified atom stereocenters. The molecular weight excluding hydrogens is 240 g/mol. The van der Waals surface area contributed by atoms with Crippen molar-refractivity contribution in [1.82, 2.24) is 4.90 Å². The first kappa shape index (κ1) is 16.7. The highest BCUT2D eigenvalue weighted by molar-refractivity contribution is 5.85. The van der Waals surface area contributed by atoms with Crippen LogP contribution in [0.1, 0.15) is 32.6 Å². The van der Waals surface area contributed by atoms with Crippen LogP contribution < -0.4 is 5.73 Å². The molecule has 0 aromatic carbocycles. The highest BCUT2D eigenvalue weighted by Gasteiger charge is 2.29. The van der Waals surface area contributed by atoms with E-state index >= 15 is 0 Å². The number of rotatable bonds is 4. The number of ether oxygens (including phenoxy) is 1. The van der Waals surface area contributed by atoms with Gasteiger partial charge in [-0.25, -0.2) is 0 Å². The molecule has 0 aromatic rings. The zero-order valence-corrected chi connectivity index (χ0v) is 11.8. The molecule has 1 aliphatic carbocycles. The number of halogens is 1. The molecule has 0 spiro atoms. The zero-order chi connectivity index (χ0) is 12.1. The van der Waals surface area contributed by atoms with E-state index < -0.39 is 0 Å². The second kappa shape index (κ2) is 7.90. The fourth-order valence-electron chi connectivity index (χ4n) is 2.31. The maximum absolute atomic E-state index is 12.2. The van der Waals surface area contributed by atoms with Crippen molar-refractivity contribution in [3.05, 3.63) is 0 Å². The Hall–Kier alpha value is -0.320. The topological polar surface area (TPSA) is 55.6 Å². The van der Waals surface area contributed by atoms with Crippen molar-refractivity contribution < 1.29 is 9.53 Å². The predicted molar refractivity (Wildman–Crippen MR) is 71.3 cm³/mol. The van der Waals surface area contributed by atoms with Gasteiger partial charge in [0.2, 0.25) is 5.91 Å². The van der Waals surface area contributed by atoms with E-state index in [1.165, 1.54) is 0 Å². The molecule has 1 saturated carbocycles. The van der Waals surface area contributed by atoms with E-state index in [9.17, 15) is 4.79 Å². The summed E-state index contributed by atoms with van der Waals surface area (Å²) in [6.45, 7) is 2.59. The Morgan fingerprint density at radius 2 is 2.18 bits per heavy atom. The first-order chi connectivity index (χ1) is 7.56. The number of amides is 1. The Bertz CT molecular complexity index is 239. The molecule has 102 valence electrons. The van der Waals surface area contributed by atoms with Crippen LogP contribution in [0.4, 0.5) is 0 Å². The summed E-state index contributed by atoms with van der Waals surface area (Å²) < 4.78 is 5.06. The second-order valence-corrected chi connectivity index (χ2v) is 4.88. The Morgan fingerprint density at radius 3 is 2.71 bits per heavy atom. The van der Waals surface area contributed by atoms with Crippen LogP contribution in [0.5, 0.6) is 0 Å². The van der Waals surface area contributed by atoms with Crippen LogP contribution in [-0.2, 0) is 9.53 Å². The zero-order valence-electron chi connectivity index (χ0n) is 11.0. The van der Waals surface area contributed by atoms with Crippen LogP contribution >= 0.6 is 12.4 Å². The van der Waals surface area contributed by atoms with E-state index in [4.69, 9.17) is 10.5 Å². The molecule has 0 aliphatic heterocycles. The van der Waals surface area contributed by atoms with Crippen LogP contribution in [-0.4, -0.2) is 43.7 Å². The molecule has 4 nitrogen and oxygen atoms in total. The number of nitrogens with two attached hydrogens (primary N) is 1. The predicted octanol–water partition coefficient (Wildman–Crippen LogP) is 1.42. The van der Waals surface area contributed by atoms with Crippen molar-refractivity contribution in [3.8, 4) is 0 Å². The first-order valence-corrected chi connectivity index (χ1v) is 6.07. The molecule has 0 saturated heterocycles. The monoisotopic (exact) mass is 264 g/mol. The lowest BCUT2D eigenvalue weighted by Crippen LogP contribution is -2.44. The van der Waals surface area contributed by atoms with E-state index in [1.807, 2.05) is 14.0 Å². The smallest absolute Gasteiger partial charge is 0.225 e. The van der Waals surface area contributed by atoms with Crippen LogP contribution in [0.3, 0.4) is 0 Å². The molecule has 1 rings (SSSR count). The molecule has 0 aromatic heterocycles. The largest absolute Gasteiger partial charge is 0.383 e. The number of hydrogen-bond acceptors (Lipinski definition) is 3. The van der Waals surface area contributed by atoms with Gasteiger partial charge in [-0.1, -0.05) is 6.42 Å². The minimum absolute atomic E-state index is 0. The van der Waals surface area contributed by atoms with Gasteiger partial charge in [0, 0.05) is 26.1 Å². The highest BCUT2D eigenvalue weighted by Crippen LogP contribution is 2.25. The molecular formula is C12H25ClN2O2. The fourth-order valence-corrected chi connectivity index (χ4v) is 2.31. The molecule has 1 aliphatic rings. The van der Waals surface area contributed by atoms with Gasteiger partial charge in [-0.05, 0) is 26.2 Å². The minimum Gasteiger partial charge on any atom is -0.383 e. The van der Waals surface area contributed by atoms with Gasteiger partial charge >= 0.3 is 0 Å². The van der Waals surface area contributed by atoms with Gasteiger partial charge in [0.05, 0.1) is 12.6 Å². The Morgan fingerprint density at radius 1 is 1.53 bits per heavy atom. The standard InChI is InChI=1S/C12H24N2O2.ClH/c1-9(8-16-3)14(2)12(15)10-5-4-6-11(13)7-10;/h9-11H,4-8,13H2,1-3H3;1H. The van der Waals surface area contributed by atoms with Gasteiger partial charge in [0.25, 0.3) is 0 Å². The van der Waals surface area contributed by atoms with Gasteiger partial charge in [0.1, 0.15) is 0 Å². The second-order valence-electron chi connectivity index (χ2n) is 4.88. The third kappa shape index (κ3) is 4.82. The minimum atomic E-state index is 0. The number of nitrogens with zero attached hydrogens (tertiary/aromatic N) is 1. The summed E-state index contributed by atoms with van der Waals surface area (Å²) in [6.07, 6.45) is 3.95. The fraction of sp³-hybridized carbons (Fsp3) is 0.917. The average molecular weight is 265 g/mol. The average Bonchev–Trinajstić information content (AvgIpc) is 2.27. The molecule has 17 heavy (non-hydrogen) atoms. The van der Waals surface area contributed by atoms with Crippen molar-refractivity contribution in [2.75, 3.05) is 20.8 Å². The summed E-state index contributed by atoms with van der Waals surface area (Å²) >= 11 is 0.